The Morgan fingerprint density at radius 1 is 1.08 bits per heavy atom. The maximum Gasteiger partial charge on any atom is 0.322 e. The minimum atomic E-state index is -0.904. The third-order valence-corrected chi connectivity index (χ3v) is 7.36. The van der Waals surface area contributed by atoms with E-state index in [2.05, 4.69) is 20.3 Å². The molecule has 11 heteroatoms. The molecular weight excluding hydrogens is 521 g/mol. The van der Waals surface area contributed by atoms with Gasteiger partial charge in [0.1, 0.15) is 11.9 Å². The molecular formula is C28H29ClFN7O2. The van der Waals surface area contributed by atoms with Gasteiger partial charge in [0.05, 0.1) is 22.3 Å². The first-order valence-corrected chi connectivity index (χ1v) is 13.1. The van der Waals surface area contributed by atoms with Crippen molar-refractivity contribution in [2.45, 2.75) is 19.0 Å². The average molecular weight is 550 g/mol. The summed E-state index contributed by atoms with van der Waals surface area (Å²) in [7, 11) is 0. The molecule has 0 spiro atoms. The average Bonchev–Trinajstić information content (AvgIpc) is 2.95. The van der Waals surface area contributed by atoms with Gasteiger partial charge in [0.2, 0.25) is 5.95 Å². The van der Waals surface area contributed by atoms with Crippen molar-refractivity contribution in [2.75, 3.05) is 42.9 Å². The van der Waals surface area contributed by atoms with Gasteiger partial charge in [0.15, 0.2) is 0 Å². The molecule has 0 radical (unpaired) electrons. The highest BCUT2D eigenvalue weighted by atomic mass is 35.5. The van der Waals surface area contributed by atoms with Gasteiger partial charge < -0.3 is 21.1 Å². The first-order valence-electron chi connectivity index (χ1n) is 12.7. The molecule has 2 atom stereocenters. The number of hydrogen-bond acceptors (Lipinski definition) is 8. The van der Waals surface area contributed by atoms with Crippen LogP contribution in [0.1, 0.15) is 18.5 Å². The number of carbonyl (C=O) groups is 1. The van der Waals surface area contributed by atoms with E-state index in [4.69, 9.17) is 17.3 Å². The lowest BCUT2D eigenvalue weighted by Crippen LogP contribution is -2.55. The first kappa shape index (κ1) is 26.7. The molecule has 2 aromatic carbocycles. The summed E-state index contributed by atoms with van der Waals surface area (Å²) in [6.45, 7) is 4.32. The number of anilines is 2. The van der Waals surface area contributed by atoms with Crippen molar-refractivity contribution in [1.82, 2.24) is 19.9 Å². The highest BCUT2D eigenvalue weighted by Gasteiger charge is 2.28. The summed E-state index contributed by atoms with van der Waals surface area (Å²) in [5.41, 5.74) is 9.31. The van der Waals surface area contributed by atoms with Crippen LogP contribution >= 0.6 is 11.6 Å². The fraction of sp³-hybridized carbons (Fsp3) is 0.286. The van der Waals surface area contributed by atoms with Crippen LogP contribution in [0, 0.1) is 5.82 Å². The van der Waals surface area contributed by atoms with Crippen molar-refractivity contribution < 1.29 is 14.3 Å². The summed E-state index contributed by atoms with van der Waals surface area (Å²) < 4.78 is 14.4. The summed E-state index contributed by atoms with van der Waals surface area (Å²) in [6.07, 6.45) is 5.12. The Kier molecular flexibility index (Phi) is 7.87. The van der Waals surface area contributed by atoms with Crippen molar-refractivity contribution in [2.24, 2.45) is 5.73 Å². The predicted molar refractivity (Wildman–Crippen MR) is 150 cm³/mol. The standard InChI is InChI=1S/C28H29ClFN7O2/c1-17(20-4-2-3-5-23(20)30)35-26-21-12-18(6-7-24(21)32-16-22(26)29)19-14-33-28(34-15-19)37-10-8-36(9-11-37)25(13-31)27(38)39/h2-7,12,14-17,25H,8-11,13,31H2,1H3,(H,32,35)(H,38,39). The quantitative estimate of drug-likeness (QED) is 0.297. The number of pyridine rings is 1. The zero-order valence-electron chi connectivity index (χ0n) is 21.4. The molecule has 202 valence electrons. The first-order chi connectivity index (χ1) is 18.9. The Morgan fingerprint density at radius 2 is 1.79 bits per heavy atom. The van der Waals surface area contributed by atoms with Crippen LogP contribution < -0.4 is 16.0 Å². The van der Waals surface area contributed by atoms with E-state index in [-0.39, 0.29) is 18.4 Å². The molecule has 0 bridgehead atoms. The van der Waals surface area contributed by atoms with Gasteiger partial charge in [0, 0.05) is 67.8 Å². The fourth-order valence-electron chi connectivity index (χ4n) is 4.89. The van der Waals surface area contributed by atoms with Gasteiger partial charge in [0.25, 0.3) is 0 Å². The van der Waals surface area contributed by atoms with Crippen LogP contribution in [-0.4, -0.2) is 69.7 Å². The smallest absolute Gasteiger partial charge is 0.322 e. The van der Waals surface area contributed by atoms with Crippen LogP contribution in [0.3, 0.4) is 0 Å². The number of aliphatic carboxylic acids is 1. The van der Waals surface area contributed by atoms with E-state index in [1.165, 1.54) is 6.07 Å². The number of rotatable bonds is 8. The second kappa shape index (κ2) is 11.5. The van der Waals surface area contributed by atoms with E-state index in [1.807, 2.05) is 34.9 Å². The summed E-state index contributed by atoms with van der Waals surface area (Å²) in [5, 5.41) is 14.0. The number of hydrogen-bond donors (Lipinski definition) is 3. The van der Waals surface area contributed by atoms with Gasteiger partial charge >= 0.3 is 5.97 Å². The van der Waals surface area contributed by atoms with Crippen molar-refractivity contribution in [3.8, 4) is 11.1 Å². The summed E-state index contributed by atoms with van der Waals surface area (Å²) >= 11 is 6.54. The van der Waals surface area contributed by atoms with E-state index in [0.717, 1.165) is 22.0 Å². The van der Waals surface area contributed by atoms with E-state index >= 15 is 0 Å². The number of nitrogens with two attached hydrogens (primary N) is 1. The molecule has 1 saturated heterocycles. The van der Waals surface area contributed by atoms with Crippen molar-refractivity contribution >= 4 is 40.1 Å². The maximum absolute atomic E-state index is 14.4. The van der Waals surface area contributed by atoms with Crippen LogP contribution in [0.15, 0.2) is 61.1 Å². The number of fused-ring (bicyclic) bond motifs is 1. The minimum absolute atomic E-state index is 0.0757. The van der Waals surface area contributed by atoms with Crippen LogP contribution in [0.2, 0.25) is 5.02 Å². The molecule has 1 fully saturated rings. The molecule has 0 aliphatic carbocycles. The highest BCUT2D eigenvalue weighted by Crippen LogP contribution is 2.35. The Hall–Kier alpha value is -3.86. The monoisotopic (exact) mass is 549 g/mol. The maximum atomic E-state index is 14.4. The Bertz CT molecular complexity index is 1480. The van der Waals surface area contributed by atoms with Crippen LogP contribution in [0.4, 0.5) is 16.0 Å². The summed E-state index contributed by atoms with van der Waals surface area (Å²) in [4.78, 5) is 28.9. The number of carboxylic acids is 1. The molecule has 4 aromatic rings. The van der Waals surface area contributed by atoms with Crippen molar-refractivity contribution in [1.29, 1.82) is 0 Å². The molecule has 3 heterocycles. The van der Waals surface area contributed by atoms with Crippen LogP contribution in [-0.2, 0) is 4.79 Å². The summed E-state index contributed by atoms with van der Waals surface area (Å²) in [5.74, 6) is -0.601. The minimum Gasteiger partial charge on any atom is -0.480 e. The molecule has 0 saturated carbocycles. The summed E-state index contributed by atoms with van der Waals surface area (Å²) in [6, 6.07) is 11.5. The molecule has 0 amide bonds. The fourth-order valence-corrected chi connectivity index (χ4v) is 5.09. The molecule has 39 heavy (non-hydrogen) atoms. The lowest BCUT2D eigenvalue weighted by atomic mass is 10.0. The predicted octanol–water partition coefficient (Wildman–Crippen LogP) is 4.19. The Morgan fingerprint density at radius 3 is 2.46 bits per heavy atom. The van der Waals surface area contributed by atoms with Crippen molar-refractivity contribution in [3.05, 3.63) is 77.5 Å². The normalized spacial score (nSPS) is 15.7. The van der Waals surface area contributed by atoms with E-state index in [1.54, 1.807) is 36.8 Å². The molecule has 1 aliphatic rings. The molecule has 2 unspecified atom stereocenters. The van der Waals surface area contributed by atoms with Gasteiger partial charge in [-0.05, 0) is 30.7 Å². The van der Waals surface area contributed by atoms with Crippen LogP contribution in [0.25, 0.3) is 22.0 Å². The van der Waals surface area contributed by atoms with E-state index in [0.29, 0.717) is 48.4 Å². The molecule has 9 nitrogen and oxygen atoms in total. The van der Waals surface area contributed by atoms with Gasteiger partial charge in [-0.1, -0.05) is 35.9 Å². The lowest BCUT2D eigenvalue weighted by Gasteiger charge is -2.37. The van der Waals surface area contributed by atoms with Gasteiger partial charge in [-0.25, -0.2) is 14.4 Å². The lowest BCUT2D eigenvalue weighted by molar-refractivity contribution is -0.143. The number of nitrogens with one attached hydrogen (secondary N) is 1. The zero-order valence-corrected chi connectivity index (χ0v) is 22.1. The molecule has 1 aliphatic heterocycles. The van der Waals surface area contributed by atoms with Gasteiger partial charge in [-0.3, -0.25) is 14.7 Å². The zero-order chi connectivity index (χ0) is 27.5. The van der Waals surface area contributed by atoms with E-state index < -0.39 is 12.0 Å². The SMILES string of the molecule is CC(Nc1c(Cl)cnc2ccc(-c3cnc(N4CCN(C(CN)C(=O)O)CC4)nc3)cc12)c1ccccc1F. The topological polar surface area (TPSA) is 120 Å². The van der Waals surface area contributed by atoms with Gasteiger partial charge in [-0.15, -0.1) is 0 Å². The number of piperazine rings is 1. The van der Waals surface area contributed by atoms with E-state index in [9.17, 15) is 14.3 Å². The Labute approximate surface area is 230 Å². The second-order valence-corrected chi connectivity index (χ2v) is 9.89. The van der Waals surface area contributed by atoms with Gasteiger partial charge in [-0.2, -0.15) is 0 Å². The Balaban J connectivity index is 1.36. The molecule has 5 rings (SSSR count). The largest absolute Gasteiger partial charge is 0.480 e. The number of aromatic nitrogens is 3. The second-order valence-electron chi connectivity index (χ2n) is 9.49. The number of halogens is 2. The molecule has 4 N–H and O–H groups in total. The van der Waals surface area contributed by atoms with Crippen molar-refractivity contribution in [3.63, 3.8) is 0 Å². The molecule has 2 aromatic heterocycles. The third-order valence-electron chi connectivity index (χ3n) is 7.07. The number of carboxylic acid groups (broad SMARTS) is 1. The number of benzene rings is 2. The van der Waals surface area contributed by atoms with Crippen LogP contribution in [0.5, 0.6) is 0 Å². The number of nitrogens with zero attached hydrogens (tertiary/aromatic N) is 5. The highest BCUT2D eigenvalue weighted by molar-refractivity contribution is 6.34. The third kappa shape index (κ3) is 5.63.